The van der Waals surface area contributed by atoms with Crippen LogP contribution in [-0.2, 0) is 17.6 Å². The number of carbonyl (C=O) groups excluding carboxylic acids is 1. The lowest BCUT2D eigenvalue weighted by molar-refractivity contribution is 0.0950. The van der Waals surface area contributed by atoms with Crippen molar-refractivity contribution in [3.63, 3.8) is 0 Å². The molecule has 3 rings (SSSR count). The minimum atomic E-state index is -0.00435. The fourth-order valence-electron chi connectivity index (χ4n) is 3.13. The summed E-state index contributed by atoms with van der Waals surface area (Å²) in [5, 5.41) is 4.18. The number of benzene rings is 1. The van der Waals surface area contributed by atoms with Crippen LogP contribution in [0.3, 0.4) is 0 Å². The second-order valence-corrected chi connectivity index (χ2v) is 5.62. The number of hydrogen-bond acceptors (Lipinski definition) is 2. The first-order valence-electron chi connectivity index (χ1n) is 7.71. The number of amides is 1. The predicted octanol–water partition coefficient (Wildman–Crippen LogP) is 2.81. The Kier molecular flexibility index (Phi) is 4.25. The Labute approximate surface area is 124 Å². The average Bonchev–Trinajstić information content (AvgIpc) is 2.90. The van der Waals surface area contributed by atoms with E-state index in [0.29, 0.717) is 13.2 Å². The highest BCUT2D eigenvalue weighted by molar-refractivity contribution is 6.06. The third-order valence-electron chi connectivity index (χ3n) is 4.19. The van der Waals surface area contributed by atoms with Crippen molar-refractivity contribution in [2.45, 2.75) is 32.1 Å². The molecule has 4 heteroatoms. The molecule has 1 aromatic carbocycles. The van der Waals surface area contributed by atoms with Crippen LogP contribution in [0.1, 0.15) is 40.9 Å². The predicted molar refractivity (Wildman–Crippen MR) is 83.8 cm³/mol. The van der Waals surface area contributed by atoms with E-state index in [1.54, 1.807) is 7.11 Å². The number of fused-ring (bicyclic) bond motifs is 3. The van der Waals surface area contributed by atoms with Crippen molar-refractivity contribution in [1.82, 2.24) is 10.3 Å². The van der Waals surface area contributed by atoms with E-state index >= 15 is 0 Å². The van der Waals surface area contributed by atoms with Gasteiger partial charge >= 0.3 is 0 Å². The minimum absolute atomic E-state index is 0.00435. The zero-order valence-electron chi connectivity index (χ0n) is 12.5. The van der Waals surface area contributed by atoms with E-state index in [9.17, 15) is 4.79 Å². The molecule has 0 unspecified atom stereocenters. The van der Waals surface area contributed by atoms with E-state index in [0.717, 1.165) is 30.3 Å². The van der Waals surface area contributed by atoms with Crippen LogP contribution >= 0.6 is 0 Å². The Hall–Kier alpha value is -1.81. The van der Waals surface area contributed by atoms with Crippen LogP contribution in [0.5, 0.6) is 0 Å². The van der Waals surface area contributed by atoms with Crippen LogP contribution < -0.4 is 5.32 Å². The highest BCUT2D eigenvalue weighted by atomic mass is 16.5. The lowest BCUT2D eigenvalue weighted by Gasteiger charge is -2.10. The normalized spacial score (nSPS) is 14.1. The summed E-state index contributed by atoms with van der Waals surface area (Å²) in [6.45, 7) is 1.31. The van der Waals surface area contributed by atoms with E-state index < -0.39 is 0 Å². The molecule has 0 saturated heterocycles. The number of aromatic nitrogens is 1. The summed E-state index contributed by atoms with van der Waals surface area (Å²) in [6.07, 6.45) is 5.53. The highest BCUT2D eigenvalue weighted by Gasteiger charge is 2.18. The van der Waals surface area contributed by atoms with Gasteiger partial charge in [0.05, 0.1) is 11.1 Å². The molecule has 0 spiro atoms. The third-order valence-corrected chi connectivity index (χ3v) is 4.19. The van der Waals surface area contributed by atoms with Gasteiger partial charge in [0.2, 0.25) is 0 Å². The molecule has 0 fully saturated rings. The molecular formula is C17H22N2O2. The van der Waals surface area contributed by atoms with Crippen LogP contribution in [0.15, 0.2) is 18.2 Å². The van der Waals surface area contributed by atoms with Gasteiger partial charge in [0.15, 0.2) is 0 Å². The molecule has 1 aliphatic carbocycles. The van der Waals surface area contributed by atoms with Gasteiger partial charge in [-0.2, -0.15) is 0 Å². The Morgan fingerprint density at radius 3 is 3.05 bits per heavy atom. The average molecular weight is 286 g/mol. The molecule has 0 saturated carbocycles. The maximum Gasteiger partial charge on any atom is 0.253 e. The number of nitrogens with one attached hydrogen (secondary N) is 2. The molecule has 4 nitrogen and oxygen atoms in total. The van der Waals surface area contributed by atoms with Crippen molar-refractivity contribution in [2.75, 3.05) is 20.3 Å². The summed E-state index contributed by atoms with van der Waals surface area (Å²) >= 11 is 0. The molecule has 2 N–H and O–H groups in total. The van der Waals surface area contributed by atoms with Gasteiger partial charge < -0.3 is 15.0 Å². The molecule has 112 valence electrons. The standard InChI is InChI=1S/C17H22N2O2/c1-21-11-5-10-18-17(20)14-8-4-7-13-12-6-2-3-9-15(12)19-16(13)14/h4,7-8,19H,2-3,5-6,9-11H2,1H3,(H,18,20). The zero-order valence-corrected chi connectivity index (χ0v) is 12.5. The van der Waals surface area contributed by atoms with E-state index in [1.807, 2.05) is 12.1 Å². The molecule has 0 aliphatic heterocycles. The van der Waals surface area contributed by atoms with Crippen molar-refractivity contribution in [3.8, 4) is 0 Å². The van der Waals surface area contributed by atoms with Gasteiger partial charge in [-0.1, -0.05) is 12.1 Å². The van der Waals surface area contributed by atoms with E-state index in [1.165, 1.54) is 29.5 Å². The van der Waals surface area contributed by atoms with Gasteiger partial charge in [0, 0.05) is 31.3 Å². The SMILES string of the molecule is COCCCNC(=O)c1cccc2c3c([nH]c12)CCCC3. The van der Waals surface area contributed by atoms with Crippen LogP contribution in [-0.4, -0.2) is 31.2 Å². The Morgan fingerprint density at radius 2 is 2.19 bits per heavy atom. The largest absolute Gasteiger partial charge is 0.385 e. The van der Waals surface area contributed by atoms with Gasteiger partial charge in [-0.05, 0) is 43.7 Å². The molecule has 2 aromatic rings. The van der Waals surface area contributed by atoms with Crippen molar-refractivity contribution >= 4 is 16.8 Å². The smallest absolute Gasteiger partial charge is 0.253 e. The van der Waals surface area contributed by atoms with E-state index in [-0.39, 0.29) is 5.91 Å². The molecule has 0 atom stereocenters. The molecule has 1 amide bonds. The summed E-state index contributed by atoms with van der Waals surface area (Å²) in [6, 6.07) is 6.00. The summed E-state index contributed by atoms with van der Waals surface area (Å²) in [4.78, 5) is 15.8. The Morgan fingerprint density at radius 1 is 1.33 bits per heavy atom. The molecular weight excluding hydrogens is 264 g/mol. The van der Waals surface area contributed by atoms with Crippen molar-refractivity contribution in [3.05, 3.63) is 35.0 Å². The third kappa shape index (κ3) is 2.81. The van der Waals surface area contributed by atoms with Gasteiger partial charge in [0.1, 0.15) is 0 Å². The Balaban J connectivity index is 1.85. The molecule has 1 heterocycles. The zero-order chi connectivity index (χ0) is 14.7. The lowest BCUT2D eigenvalue weighted by atomic mass is 9.95. The van der Waals surface area contributed by atoms with Crippen LogP contribution in [0.4, 0.5) is 0 Å². The van der Waals surface area contributed by atoms with Crippen LogP contribution in [0.2, 0.25) is 0 Å². The minimum Gasteiger partial charge on any atom is -0.385 e. The number of rotatable bonds is 5. The summed E-state index contributed by atoms with van der Waals surface area (Å²) in [5.74, 6) is -0.00435. The number of aryl methyl sites for hydroxylation is 2. The van der Waals surface area contributed by atoms with Gasteiger partial charge in [-0.15, -0.1) is 0 Å². The van der Waals surface area contributed by atoms with Crippen LogP contribution in [0.25, 0.3) is 10.9 Å². The second kappa shape index (κ2) is 6.31. The number of para-hydroxylation sites is 1. The monoisotopic (exact) mass is 286 g/mol. The second-order valence-electron chi connectivity index (χ2n) is 5.62. The van der Waals surface area contributed by atoms with Gasteiger partial charge in [-0.3, -0.25) is 4.79 Å². The van der Waals surface area contributed by atoms with E-state index in [2.05, 4.69) is 16.4 Å². The Bertz CT molecular complexity index is 646. The van der Waals surface area contributed by atoms with E-state index in [4.69, 9.17) is 4.74 Å². The van der Waals surface area contributed by atoms with Crippen molar-refractivity contribution in [2.24, 2.45) is 0 Å². The number of aromatic amines is 1. The van der Waals surface area contributed by atoms with Gasteiger partial charge in [0.25, 0.3) is 5.91 Å². The maximum absolute atomic E-state index is 12.4. The summed E-state index contributed by atoms with van der Waals surface area (Å²) < 4.78 is 5.00. The first-order valence-corrected chi connectivity index (χ1v) is 7.71. The van der Waals surface area contributed by atoms with Crippen molar-refractivity contribution < 1.29 is 9.53 Å². The summed E-state index contributed by atoms with van der Waals surface area (Å²) in [7, 11) is 1.67. The molecule has 0 bridgehead atoms. The number of hydrogen-bond donors (Lipinski definition) is 2. The molecule has 21 heavy (non-hydrogen) atoms. The maximum atomic E-state index is 12.4. The lowest BCUT2D eigenvalue weighted by Crippen LogP contribution is -2.25. The fraction of sp³-hybridized carbons (Fsp3) is 0.471. The summed E-state index contributed by atoms with van der Waals surface area (Å²) in [5.41, 5.74) is 4.47. The quantitative estimate of drug-likeness (QED) is 0.830. The molecule has 0 radical (unpaired) electrons. The fourth-order valence-corrected chi connectivity index (χ4v) is 3.13. The number of ether oxygens (including phenoxy) is 1. The topological polar surface area (TPSA) is 54.1 Å². The van der Waals surface area contributed by atoms with Gasteiger partial charge in [-0.25, -0.2) is 0 Å². The first-order chi connectivity index (χ1) is 10.3. The number of H-pyrrole nitrogens is 1. The first kappa shape index (κ1) is 14.1. The molecule has 1 aliphatic rings. The number of methoxy groups -OCH3 is 1. The highest BCUT2D eigenvalue weighted by Crippen LogP contribution is 2.30. The van der Waals surface area contributed by atoms with Crippen molar-refractivity contribution in [1.29, 1.82) is 0 Å². The number of carbonyl (C=O) groups is 1. The van der Waals surface area contributed by atoms with Crippen LogP contribution in [0, 0.1) is 0 Å². The molecule has 1 aromatic heterocycles.